The highest BCUT2D eigenvalue weighted by atomic mass is 32.1. The minimum atomic E-state index is 0.813. The van der Waals surface area contributed by atoms with Gasteiger partial charge in [0.25, 0.3) is 0 Å². The summed E-state index contributed by atoms with van der Waals surface area (Å²) in [6.07, 6.45) is 1.10. The third-order valence-corrected chi connectivity index (χ3v) is 4.47. The fourth-order valence-corrected chi connectivity index (χ4v) is 3.41. The summed E-state index contributed by atoms with van der Waals surface area (Å²) in [6.45, 7) is 4.03. The molecule has 1 heterocycles. The van der Waals surface area contributed by atoms with Gasteiger partial charge >= 0.3 is 0 Å². The van der Waals surface area contributed by atoms with Crippen molar-refractivity contribution in [2.45, 2.75) is 19.9 Å². The zero-order valence-electron chi connectivity index (χ0n) is 12.1. The summed E-state index contributed by atoms with van der Waals surface area (Å²) in [5.74, 6) is 0. The van der Waals surface area contributed by atoms with Crippen LogP contribution in [-0.2, 0) is 6.54 Å². The molecule has 0 aliphatic rings. The van der Waals surface area contributed by atoms with Crippen molar-refractivity contribution in [1.82, 2.24) is 4.98 Å². The van der Waals surface area contributed by atoms with Crippen molar-refractivity contribution < 1.29 is 0 Å². The van der Waals surface area contributed by atoms with Crippen LogP contribution in [0, 0.1) is 0 Å². The SMILES string of the molecule is CCCN(Cc1cccc(N)c1)c1nc2ccccc2s1. The van der Waals surface area contributed by atoms with Gasteiger partial charge in [0, 0.05) is 18.8 Å². The number of thiazole rings is 1. The van der Waals surface area contributed by atoms with Gasteiger partial charge in [0.15, 0.2) is 5.13 Å². The molecule has 0 spiro atoms. The van der Waals surface area contributed by atoms with Crippen LogP contribution >= 0.6 is 11.3 Å². The van der Waals surface area contributed by atoms with Crippen LogP contribution < -0.4 is 10.6 Å². The lowest BCUT2D eigenvalue weighted by Crippen LogP contribution is -2.23. The second kappa shape index (κ2) is 6.14. The van der Waals surface area contributed by atoms with Crippen LogP contribution in [-0.4, -0.2) is 11.5 Å². The second-order valence-corrected chi connectivity index (χ2v) is 6.14. The van der Waals surface area contributed by atoms with Crippen LogP contribution in [0.3, 0.4) is 0 Å². The number of aromatic nitrogens is 1. The Bertz CT molecular complexity index is 702. The Labute approximate surface area is 129 Å². The van der Waals surface area contributed by atoms with Crippen LogP contribution in [0.15, 0.2) is 48.5 Å². The lowest BCUT2D eigenvalue weighted by Gasteiger charge is -2.21. The zero-order valence-corrected chi connectivity index (χ0v) is 12.9. The topological polar surface area (TPSA) is 42.1 Å². The van der Waals surface area contributed by atoms with E-state index in [1.54, 1.807) is 11.3 Å². The van der Waals surface area contributed by atoms with Gasteiger partial charge in [0.1, 0.15) is 0 Å². The van der Waals surface area contributed by atoms with Gasteiger partial charge in [-0.2, -0.15) is 0 Å². The Morgan fingerprint density at radius 2 is 2.00 bits per heavy atom. The number of nitrogens with two attached hydrogens (primary N) is 1. The van der Waals surface area contributed by atoms with Gasteiger partial charge < -0.3 is 10.6 Å². The largest absolute Gasteiger partial charge is 0.399 e. The molecule has 0 aliphatic carbocycles. The lowest BCUT2D eigenvalue weighted by molar-refractivity contribution is 0.765. The Balaban J connectivity index is 1.90. The summed E-state index contributed by atoms with van der Waals surface area (Å²) in [4.78, 5) is 7.10. The molecule has 0 bridgehead atoms. The number of hydrogen-bond donors (Lipinski definition) is 1. The molecule has 0 fully saturated rings. The standard InChI is InChI=1S/C17H19N3S/c1-2-10-20(12-13-6-5-7-14(18)11-13)17-19-15-8-3-4-9-16(15)21-17/h3-9,11H,2,10,12,18H2,1H3. The van der Waals surface area contributed by atoms with Crippen molar-refractivity contribution in [3.8, 4) is 0 Å². The molecule has 3 rings (SSSR count). The minimum Gasteiger partial charge on any atom is -0.399 e. The number of rotatable bonds is 5. The van der Waals surface area contributed by atoms with Crippen molar-refractivity contribution in [1.29, 1.82) is 0 Å². The summed E-state index contributed by atoms with van der Waals surface area (Å²) >= 11 is 1.75. The van der Waals surface area contributed by atoms with Gasteiger partial charge in [0.2, 0.25) is 0 Å². The first kappa shape index (κ1) is 13.9. The van der Waals surface area contributed by atoms with Crippen molar-refractivity contribution in [2.24, 2.45) is 0 Å². The fourth-order valence-electron chi connectivity index (χ4n) is 2.42. The highest BCUT2D eigenvalue weighted by Gasteiger charge is 2.12. The number of fused-ring (bicyclic) bond motifs is 1. The van der Waals surface area contributed by atoms with Crippen LogP contribution in [0.4, 0.5) is 10.8 Å². The molecule has 2 aromatic carbocycles. The maximum absolute atomic E-state index is 5.88. The smallest absolute Gasteiger partial charge is 0.186 e. The molecule has 0 unspecified atom stereocenters. The van der Waals surface area contributed by atoms with Crippen molar-refractivity contribution >= 4 is 32.4 Å². The number of nitrogens with zero attached hydrogens (tertiary/aromatic N) is 2. The lowest BCUT2D eigenvalue weighted by atomic mass is 10.2. The van der Waals surface area contributed by atoms with E-state index in [9.17, 15) is 0 Å². The van der Waals surface area contributed by atoms with E-state index in [0.717, 1.165) is 35.8 Å². The normalized spacial score (nSPS) is 10.9. The first-order valence-corrected chi connectivity index (χ1v) is 8.03. The van der Waals surface area contributed by atoms with E-state index in [2.05, 4.69) is 36.1 Å². The molecule has 108 valence electrons. The van der Waals surface area contributed by atoms with Gasteiger partial charge in [0.05, 0.1) is 10.2 Å². The highest BCUT2D eigenvalue weighted by Crippen LogP contribution is 2.29. The van der Waals surface area contributed by atoms with E-state index in [1.807, 2.05) is 24.3 Å². The Hall–Kier alpha value is -2.07. The number of anilines is 2. The van der Waals surface area contributed by atoms with Gasteiger partial charge in [-0.25, -0.2) is 4.98 Å². The van der Waals surface area contributed by atoms with Crippen molar-refractivity contribution in [2.75, 3.05) is 17.2 Å². The van der Waals surface area contributed by atoms with Gasteiger partial charge in [-0.05, 0) is 36.2 Å². The third-order valence-electron chi connectivity index (χ3n) is 3.37. The molecule has 21 heavy (non-hydrogen) atoms. The summed E-state index contributed by atoms with van der Waals surface area (Å²) < 4.78 is 1.24. The van der Waals surface area contributed by atoms with Crippen molar-refractivity contribution in [3.63, 3.8) is 0 Å². The molecule has 3 aromatic rings. The van der Waals surface area contributed by atoms with Crippen molar-refractivity contribution in [3.05, 3.63) is 54.1 Å². The van der Waals surface area contributed by atoms with E-state index in [4.69, 9.17) is 10.7 Å². The molecular formula is C17H19N3S. The maximum atomic E-state index is 5.88. The van der Waals surface area contributed by atoms with E-state index >= 15 is 0 Å². The average Bonchev–Trinajstić information content (AvgIpc) is 2.91. The molecule has 1 aromatic heterocycles. The summed E-state index contributed by atoms with van der Waals surface area (Å²) in [5, 5.41) is 1.08. The summed E-state index contributed by atoms with van der Waals surface area (Å²) in [6, 6.07) is 16.4. The van der Waals surface area contributed by atoms with Gasteiger partial charge in [-0.1, -0.05) is 42.5 Å². The predicted octanol–water partition coefficient (Wildman–Crippen LogP) is 4.30. The number of para-hydroxylation sites is 1. The summed E-state index contributed by atoms with van der Waals surface area (Å²) in [7, 11) is 0. The Kier molecular flexibility index (Phi) is 4.06. The maximum Gasteiger partial charge on any atom is 0.186 e. The Morgan fingerprint density at radius 3 is 2.76 bits per heavy atom. The monoisotopic (exact) mass is 297 g/mol. The van der Waals surface area contributed by atoms with E-state index in [0.29, 0.717) is 0 Å². The average molecular weight is 297 g/mol. The van der Waals surface area contributed by atoms with Crippen LogP contribution in [0.2, 0.25) is 0 Å². The molecule has 3 nitrogen and oxygen atoms in total. The molecule has 0 saturated heterocycles. The fraction of sp³-hybridized carbons (Fsp3) is 0.235. The van der Waals surface area contributed by atoms with Gasteiger partial charge in [-0.3, -0.25) is 0 Å². The third kappa shape index (κ3) is 3.16. The molecular weight excluding hydrogens is 278 g/mol. The predicted molar refractivity (Wildman–Crippen MR) is 91.8 cm³/mol. The second-order valence-electron chi connectivity index (χ2n) is 5.13. The van der Waals surface area contributed by atoms with Crippen LogP contribution in [0.5, 0.6) is 0 Å². The Morgan fingerprint density at radius 1 is 1.14 bits per heavy atom. The molecule has 0 atom stereocenters. The van der Waals surface area contributed by atoms with Crippen LogP contribution in [0.25, 0.3) is 10.2 Å². The number of benzene rings is 2. The van der Waals surface area contributed by atoms with E-state index < -0.39 is 0 Å². The summed E-state index contributed by atoms with van der Waals surface area (Å²) in [5.41, 5.74) is 8.99. The highest BCUT2D eigenvalue weighted by molar-refractivity contribution is 7.22. The van der Waals surface area contributed by atoms with Gasteiger partial charge in [-0.15, -0.1) is 0 Å². The number of nitrogen functional groups attached to an aromatic ring is 1. The van der Waals surface area contributed by atoms with E-state index in [-0.39, 0.29) is 0 Å². The number of hydrogen-bond acceptors (Lipinski definition) is 4. The molecule has 0 saturated carbocycles. The molecule has 0 aliphatic heterocycles. The molecule has 2 N–H and O–H groups in total. The van der Waals surface area contributed by atoms with E-state index in [1.165, 1.54) is 10.3 Å². The molecule has 0 radical (unpaired) electrons. The first-order valence-electron chi connectivity index (χ1n) is 7.21. The van der Waals surface area contributed by atoms with Crippen LogP contribution in [0.1, 0.15) is 18.9 Å². The molecule has 4 heteroatoms. The molecule has 0 amide bonds. The zero-order chi connectivity index (χ0) is 14.7. The minimum absolute atomic E-state index is 0.813. The first-order chi connectivity index (χ1) is 10.3. The quantitative estimate of drug-likeness (QED) is 0.714.